The molecule has 0 radical (unpaired) electrons. The number of hydrogen-bond donors (Lipinski definition) is 1. The molecular formula is C14H20ClN3O3. The van der Waals surface area contributed by atoms with E-state index in [0.717, 1.165) is 0 Å². The summed E-state index contributed by atoms with van der Waals surface area (Å²) in [7, 11) is 3.86. The normalized spacial score (nSPS) is 12.5. The molecule has 0 saturated carbocycles. The van der Waals surface area contributed by atoms with Gasteiger partial charge in [0.25, 0.3) is 11.6 Å². The average Bonchev–Trinajstić information content (AvgIpc) is 2.37. The van der Waals surface area contributed by atoms with Crippen LogP contribution in [-0.4, -0.2) is 42.4 Å². The lowest BCUT2D eigenvalue weighted by Crippen LogP contribution is -2.43. The quantitative estimate of drug-likeness (QED) is 0.647. The van der Waals surface area contributed by atoms with E-state index in [-0.39, 0.29) is 17.3 Å². The second-order valence-corrected chi connectivity index (χ2v) is 5.84. The summed E-state index contributed by atoms with van der Waals surface area (Å²) >= 11 is 5.82. The van der Waals surface area contributed by atoms with Crippen LogP contribution in [0, 0.1) is 16.0 Å². The standard InChI is InChI=1S/C14H20ClN3O3/c1-9(2)13(17(3)4)8-16-14(19)11-7-10(15)5-6-12(11)18(20)21/h5-7,9,13H,8H2,1-4H3,(H,16,19). The molecule has 0 saturated heterocycles. The van der Waals surface area contributed by atoms with E-state index in [0.29, 0.717) is 17.5 Å². The number of nitrogens with zero attached hydrogens (tertiary/aromatic N) is 2. The number of rotatable bonds is 6. The lowest BCUT2D eigenvalue weighted by atomic mass is 10.0. The van der Waals surface area contributed by atoms with Crippen LogP contribution in [0.4, 0.5) is 5.69 Å². The van der Waals surface area contributed by atoms with E-state index < -0.39 is 10.8 Å². The highest BCUT2D eigenvalue weighted by atomic mass is 35.5. The van der Waals surface area contributed by atoms with Gasteiger partial charge in [-0.1, -0.05) is 25.4 Å². The van der Waals surface area contributed by atoms with Crippen LogP contribution in [0.1, 0.15) is 24.2 Å². The van der Waals surface area contributed by atoms with Gasteiger partial charge in [-0.2, -0.15) is 0 Å². The van der Waals surface area contributed by atoms with Crippen LogP contribution in [0.25, 0.3) is 0 Å². The SMILES string of the molecule is CC(C)C(CNC(=O)c1cc(Cl)ccc1[N+](=O)[O-])N(C)C. The maximum absolute atomic E-state index is 12.2. The summed E-state index contributed by atoms with van der Waals surface area (Å²) in [6.07, 6.45) is 0. The highest BCUT2D eigenvalue weighted by molar-refractivity contribution is 6.31. The smallest absolute Gasteiger partial charge is 0.282 e. The van der Waals surface area contributed by atoms with Gasteiger partial charge in [-0.05, 0) is 32.1 Å². The van der Waals surface area contributed by atoms with Crippen molar-refractivity contribution in [2.24, 2.45) is 5.92 Å². The molecule has 0 aliphatic rings. The molecule has 7 heteroatoms. The second-order valence-electron chi connectivity index (χ2n) is 5.40. The first-order chi connectivity index (χ1) is 9.73. The van der Waals surface area contributed by atoms with Gasteiger partial charge in [-0.15, -0.1) is 0 Å². The fourth-order valence-corrected chi connectivity index (χ4v) is 2.33. The maximum atomic E-state index is 12.2. The minimum absolute atomic E-state index is 0.0197. The van der Waals surface area contributed by atoms with E-state index in [1.807, 2.05) is 19.0 Å². The first-order valence-electron chi connectivity index (χ1n) is 6.62. The van der Waals surface area contributed by atoms with Crippen LogP contribution >= 0.6 is 11.6 Å². The van der Waals surface area contributed by atoms with E-state index in [9.17, 15) is 14.9 Å². The third-order valence-electron chi connectivity index (χ3n) is 3.30. The molecule has 0 aromatic heterocycles. The highest BCUT2D eigenvalue weighted by Crippen LogP contribution is 2.22. The summed E-state index contributed by atoms with van der Waals surface area (Å²) in [6, 6.07) is 4.10. The lowest BCUT2D eigenvalue weighted by molar-refractivity contribution is -0.385. The number of hydrogen-bond acceptors (Lipinski definition) is 4. The molecule has 0 heterocycles. The van der Waals surface area contributed by atoms with Gasteiger partial charge in [0.15, 0.2) is 0 Å². The van der Waals surface area contributed by atoms with E-state index >= 15 is 0 Å². The molecule has 0 spiro atoms. The number of nitro benzene ring substituents is 1. The number of halogens is 1. The zero-order valence-electron chi connectivity index (χ0n) is 12.6. The van der Waals surface area contributed by atoms with Gasteiger partial charge in [-0.3, -0.25) is 14.9 Å². The largest absolute Gasteiger partial charge is 0.350 e. The van der Waals surface area contributed by atoms with Crippen molar-refractivity contribution in [2.75, 3.05) is 20.6 Å². The Balaban J connectivity index is 2.89. The molecule has 1 atom stereocenters. The average molecular weight is 314 g/mol. The zero-order chi connectivity index (χ0) is 16.2. The Morgan fingerprint density at radius 1 is 1.43 bits per heavy atom. The number of nitro groups is 1. The van der Waals surface area contributed by atoms with Crippen molar-refractivity contribution >= 4 is 23.2 Å². The molecular weight excluding hydrogens is 294 g/mol. The monoisotopic (exact) mass is 313 g/mol. The number of benzene rings is 1. The third kappa shape index (κ3) is 4.68. The highest BCUT2D eigenvalue weighted by Gasteiger charge is 2.22. The Hall–Kier alpha value is -1.66. The van der Waals surface area contributed by atoms with Gasteiger partial charge in [-0.25, -0.2) is 0 Å². The first-order valence-corrected chi connectivity index (χ1v) is 7.00. The Morgan fingerprint density at radius 2 is 2.05 bits per heavy atom. The molecule has 116 valence electrons. The summed E-state index contributed by atoms with van der Waals surface area (Å²) < 4.78 is 0. The number of amides is 1. The minimum Gasteiger partial charge on any atom is -0.350 e. The fourth-order valence-electron chi connectivity index (χ4n) is 2.16. The van der Waals surface area contributed by atoms with Gasteiger partial charge in [0.05, 0.1) is 4.92 Å². The number of nitrogens with one attached hydrogen (secondary N) is 1. The second kappa shape index (κ2) is 7.38. The molecule has 1 unspecified atom stereocenters. The molecule has 0 fully saturated rings. The van der Waals surface area contributed by atoms with Crippen LogP contribution in [-0.2, 0) is 0 Å². The minimum atomic E-state index is -0.586. The third-order valence-corrected chi connectivity index (χ3v) is 3.54. The zero-order valence-corrected chi connectivity index (χ0v) is 13.3. The summed E-state index contributed by atoms with van der Waals surface area (Å²) in [6.45, 7) is 4.52. The van der Waals surface area contributed by atoms with Crippen LogP contribution in [0.3, 0.4) is 0 Å². The Bertz CT molecular complexity index is 524. The molecule has 1 N–H and O–H groups in total. The van der Waals surface area contributed by atoms with Crippen LogP contribution in [0.5, 0.6) is 0 Å². The number of carbonyl (C=O) groups excluding carboxylic acids is 1. The van der Waals surface area contributed by atoms with Crippen LogP contribution < -0.4 is 5.32 Å². The van der Waals surface area contributed by atoms with Crippen LogP contribution in [0.15, 0.2) is 18.2 Å². The van der Waals surface area contributed by atoms with Crippen molar-refractivity contribution in [3.05, 3.63) is 38.9 Å². The van der Waals surface area contributed by atoms with E-state index in [2.05, 4.69) is 19.2 Å². The van der Waals surface area contributed by atoms with Gasteiger partial charge in [0.1, 0.15) is 5.56 Å². The van der Waals surface area contributed by atoms with Crippen molar-refractivity contribution < 1.29 is 9.72 Å². The molecule has 1 amide bonds. The van der Waals surface area contributed by atoms with Crippen molar-refractivity contribution in [2.45, 2.75) is 19.9 Å². The molecule has 1 rings (SSSR count). The Kier molecular flexibility index (Phi) is 6.11. The summed E-state index contributed by atoms with van der Waals surface area (Å²) in [4.78, 5) is 24.6. The van der Waals surface area contributed by atoms with Gasteiger partial charge >= 0.3 is 0 Å². The topological polar surface area (TPSA) is 75.5 Å². The fraction of sp³-hybridized carbons (Fsp3) is 0.500. The molecule has 0 bridgehead atoms. The summed E-state index contributed by atoms with van der Waals surface area (Å²) in [5.41, 5.74) is -0.267. The number of carbonyl (C=O) groups is 1. The van der Waals surface area contributed by atoms with E-state index in [1.165, 1.54) is 18.2 Å². The predicted octanol–water partition coefficient (Wildman–Crippen LogP) is 2.56. The molecule has 1 aromatic rings. The molecule has 21 heavy (non-hydrogen) atoms. The van der Waals surface area contributed by atoms with Crippen molar-refractivity contribution in [3.63, 3.8) is 0 Å². The Labute approximate surface area is 129 Å². The Morgan fingerprint density at radius 3 is 2.52 bits per heavy atom. The summed E-state index contributed by atoms with van der Waals surface area (Å²) in [5, 5.41) is 14.0. The van der Waals surface area contributed by atoms with Crippen LogP contribution in [0.2, 0.25) is 5.02 Å². The maximum Gasteiger partial charge on any atom is 0.282 e. The van der Waals surface area contributed by atoms with Gasteiger partial charge in [0, 0.05) is 23.7 Å². The van der Waals surface area contributed by atoms with E-state index in [4.69, 9.17) is 11.6 Å². The van der Waals surface area contributed by atoms with Crippen molar-refractivity contribution in [3.8, 4) is 0 Å². The summed E-state index contributed by atoms with van der Waals surface area (Å²) in [5.74, 6) is -0.147. The van der Waals surface area contributed by atoms with Gasteiger partial charge in [0.2, 0.25) is 0 Å². The van der Waals surface area contributed by atoms with E-state index in [1.54, 1.807) is 0 Å². The predicted molar refractivity (Wildman–Crippen MR) is 82.8 cm³/mol. The molecule has 0 aliphatic heterocycles. The van der Waals surface area contributed by atoms with Crippen molar-refractivity contribution in [1.82, 2.24) is 10.2 Å². The lowest BCUT2D eigenvalue weighted by Gasteiger charge is -2.28. The molecule has 0 aliphatic carbocycles. The molecule has 6 nitrogen and oxygen atoms in total. The number of likely N-dealkylation sites (N-methyl/N-ethyl adjacent to an activating group) is 1. The van der Waals surface area contributed by atoms with Crippen molar-refractivity contribution in [1.29, 1.82) is 0 Å². The molecule has 1 aromatic carbocycles. The first kappa shape index (κ1) is 17.4. The van der Waals surface area contributed by atoms with Gasteiger partial charge < -0.3 is 10.2 Å².